The third-order valence-corrected chi connectivity index (χ3v) is 6.71. The Hall–Kier alpha value is -4.09. The van der Waals surface area contributed by atoms with Crippen LogP contribution in [0.2, 0.25) is 0 Å². The number of fused-ring (bicyclic) bond motifs is 3. The van der Waals surface area contributed by atoms with Crippen LogP contribution in [0.25, 0.3) is 26.4 Å². The smallest absolute Gasteiger partial charge is 0.195 e. The van der Waals surface area contributed by atoms with Gasteiger partial charge in [-0.25, -0.2) is 4.98 Å². The predicted molar refractivity (Wildman–Crippen MR) is 138 cm³/mol. The molecule has 6 aromatic rings. The maximum Gasteiger partial charge on any atom is 0.195 e. The maximum absolute atomic E-state index is 6.16. The molecule has 34 heavy (non-hydrogen) atoms. The Labute approximate surface area is 201 Å². The molecule has 0 fully saturated rings. The molecule has 166 valence electrons. The summed E-state index contributed by atoms with van der Waals surface area (Å²) in [5.74, 6) is 1.51. The molecule has 0 saturated carbocycles. The van der Waals surface area contributed by atoms with Gasteiger partial charge in [-0.05, 0) is 35.4 Å². The van der Waals surface area contributed by atoms with Gasteiger partial charge in [0, 0.05) is 17.8 Å². The largest absolute Gasteiger partial charge is 0.489 e. The van der Waals surface area contributed by atoms with Gasteiger partial charge in [0.1, 0.15) is 24.7 Å². The number of thiazole rings is 1. The maximum atomic E-state index is 6.16. The summed E-state index contributed by atoms with van der Waals surface area (Å²) < 4.78 is 15.7. The SMILES string of the molecule is c1ccc(COc2cc(OCc3ccccc3)cc(-c3cn4c(n3)sc3ccccc34)c2)cc1. The second kappa shape index (κ2) is 9.04. The lowest BCUT2D eigenvalue weighted by molar-refractivity contribution is 0.290. The minimum absolute atomic E-state index is 0.491. The van der Waals surface area contributed by atoms with Crippen molar-refractivity contribution in [1.29, 1.82) is 0 Å². The number of rotatable bonds is 7. The van der Waals surface area contributed by atoms with Crippen molar-refractivity contribution >= 4 is 26.5 Å². The Bertz CT molecular complexity index is 1490. The Kier molecular flexibility index (Phi) is 5.45. The third-order valence-electron chi connectivity index (χ3n) is 5.67. The van der Waals surface area contributed by atoms with Crippen LogP contribution in [0.5, 0.6) is 11.5 Å². The van der Waals surface area contributed by atoms with Crippen LogP contribution in [-0.4, -0.2) is 9.38 Å². The van der Waals surface area contributed by atoms with Gasteiger partial charge in [-0.1, -0.05) is 84.1 Å². The highest BCUT2D eigenvalue weighted by Crippen LogP contribution is 2.33. The summed E-state index contributed by atoms with van der Waals surface area (Å²) in [6.07, 6.45) is 2.09. The Balaban J connectivity index is 1.34. The molecule has 0 amide bonds. The van der Waals surface area contributed by atoms with Crippen LogP contribution < -0.4 is 9.47 Å². The minimum atomic E-state index is 0.491. The van der Waals surface area contributed by atoms with Crippen molar-refractivity contribution < 1.29 is 9.47 Å². The standard InChI is InChI=1S/C29H22N2O2S/c1-3-9-21(10-4-1)19-32-24-15-23(16-25(17-24)33-20-22-11-5-2-6-12-22)26-18-31-27-13-7-8-14-28(27)34-29(31)30-26/h1-18H,19-20H2. The normalized spacial score (nSPS) is 11.2. The lowest BCUT2D eigenvalue weighted by Crippen LogP contribution is -1.98. The van der Waals surface area contributed by atoms with Crippen LogP contribution in [0, 0.1) is 0 Å². The van der Waals surface area contributed by atoms with Crippen LogP contribution in [0.4, 0.5) is 0 Å². The third kappa shape index (κ3) is 4.26. The molecule has 4 nitrogen and oxygen atoms in total. The molecule has 0 N–H and O–H groups in total. The van der Waals surface area contributed by atoms with E-state index < -0.39 is 0 Å². The first kappa shape index (κ1) is 20.5. The van der Waals surface area contributed by atoms with Gasteiger partial charge in [0.05, 0.1) is 15.9 Å². The van der Waals surface area contributed by atoms with Gasteiger partial charge >= 0.3 is 0 Å². The van der Waals surface area contributed by atoms with E-state index >= 15 is 0 Å². The van der Waals surface area contributed by atoms with E-state index in [2.05, 4.69) is 59.1 Å². The molecule has 0 atom stereocenters. The van der Waals surface area contributed by atoms with Crippen LogP contribution >= 0.6 is 11.3 Å². The van der Waals surface area contributed by atoms with E-state index in [0.29, 0.717) is 13.2 Å². The predicted octanol–water partition coefficient (Wildman–Crippen LogP) is 7.37. The average molecular weight is 463 g/mol. The number of imidazole rings is 1. The number of ether oxygens (including phenoxy) is 2. The number of nitrogens with zero attached hydrogens (tertiary/aromatic N) is 2. The summed E-state index contributed by atoms with van der Waals surface area (Å²) in [5.41, 5.74) is 5.26. The van der Waals surface area contributed by atoms with E-state index in [0.717, 1.165) is 38.8 Å². The number of hydrogen-bond donors (Lipinski definition) is 0. The van der Waals surface area contributed by atoms with Gasteiger partial charge in [-0.3, -0.25) is 4.40 Å². The second-order valence-electron chi connectivity index (χ2n) is 8.09. The number of benzene rings is 4. The highest BCUT2D eigenvalue weighted by atomic mass is 32.1. The van der Waals surface area contributed by atoms with E-state index in [1.807, 2.05) is 54.6 Å². The Morgan fingerprint density at radius 2 is 1.26 bits per heavy atom. The number of aromatic nitrogens is 2. The lowest BCUT2D eigenvalue weighted by atomic mass is 10.1. The van der Waals surface area contributed by atoms with Gasteiger partial charge in [0.2, 0.25) is 0 Å². The zero-order valence-corrected chi connectivity index (χ0v) is 19.2. The second-order valence-corrected chi connectivity index (χ2v) is 9.10. The first-order chi connectivity index (χ1) is 16.8. The molecule has 4 aromatic carbocycles. The van der Waals surface area contributed by atoms with Crippen LogP contribution in [0.15, 0.2) is 109 Å². The molecule has 0 saturated heterocycles. The van der Waals surface area contributed by atoms with E-state index in [4.69, 9.17) is 14.5 Å². The molecule has 6 rings (SSSR count). The molecular weight excluding hydrogens is 440 g/mol. The molecule has 0 aliphatic carbocycles. The number of hydrogen-bond acceptors (Lipinski definition) is 4. The summed E-state index contributed by atoms with van der Waals surface area (Å²) in [6.45, 7) is 0.983. The van der Waals surface area contributed by atoms with Crippen molar-refractivity contribution in [2.24, 2.45) is 0 Å². The molecule has 2 aromatic heterocycles. The van der Waals surface area contributed by atoms with Crippen molar-refractivity contribution in [1.82, 2.24) is 9.38 Å². The van der Waals surface area contributed by atoms with Gasteiger partial charge in [0.25, 0.3) is 0 Å². The molecule has 2 heterocycles. The summed E-state index contributed by atoms with van der Waals surface area (Å²) in [7, 11) is 0. The van der Waals surface area contributed by atoms with Crippen molar-refractivity contribution in [3.05, 3.63) is 120 Å². The molecular formula is C29H22N2O2S. The van der Waals surface area contributed by atoms with Crippen molar-refractivity contribution in [3.8, 4) is 22.8 Å². The van der Waals surface area contributed by atoms with E-state index in [9.17, 15) is 0 Å². The molecule has 0 radical (unpaired) electrons. The first-order valence-corrected chi connectivity index (χ1v) is 12.0. The van der Waals surface area contributed by atoms with Crippen molar-refractivity contribution in [3.63, 3.8) is 0 Å². The van der Waals surface area contributed by atoms with Crippen LogP contribution in [0.3, 0.4) is 0 Å². The molecule has 0 unspecified atom stereocenters. The van der Waals surface area contributed by atoms with Gasteiger partial charge in [-0.2, -0.15) is 0 Å². The fourth-order valence-electron chi connectivity index (χ4n) is 3.96. The minimum Gasteiger partial charge on any atom is -0.489 e. The zero-order chi connectivity index (χ0) is 22.7. The highest BCUT2D eigenvalue weighted by molar-refractivity contribution is 7.23. The quantitative estimate of drug-likeness (QED) is 0.248. The van der Waals surface area contributed by atoms with E-state index in [1.54, 1.807) is 11.3 Å². The van der Waals surface area contributed by atoms with Crippen LogP contribution in [-0.2, 0) is 13.2 Å². The average Bonchev–Trinajstić information content (AvgIpc) is 3.46. The van der Waals surface area contributed by atoms with Crippen molar-refractivity contribution in [2.45, 2.75) is 13.2 Å². The summed E-state index contributed by atoms with van der Waals surface area (Å²) in [4.78, 5) is 5.88. The highest BCUT2D eigenvalue weighted by Gasteiger charge is 2.13. The Morgan fingerprint density at radius 3 is 1.91 bits per heavy atom. The summed E-state index contributed by atoms with van der Waals surface area (Å²) >= 11 is 1.69. The van der Waals surface area contributed by atoms with Gasteiger partial charge in [-0.15, -0.1) is 0 Å². The van der Waals surface area contributed by atoms with E-state index in [-0.39, 0.29) is 0 Å². The molecule has 0 spiro atoms. The fourth-order valence-corrected chi connectivity index (χ4v) is 4.96. The topological polar surface area (TPSA) is 35.8 Å². The Morgan fingerprint density at radius 1 is 0.676 bits per heavy atom. The first-order valence-electron chi connectivity index (χ1n) is 11.2. The zero-order valence-electron chi connectivity index (χ0n) is 18.4. The molecule has 0 bridgehead atoms. The van der Waals surface area contributed by atoms with Crippen LogP contribution in [0.1, 0.15) is 11.1 Å². The number of para-hydroxylation sites is 1. The van der Waals surface area contributed by atoms with Gasteiger partial charge < -0.3 is 9.47 Å². The van der Waals surface area contributed by atoms with Crippen molar-refractivity contribution in [2.75, 3.05) is 0 Å². The monoisotopic (exact) mass is 462 g/mol. The fraction of sp³-hybridized carbons (Fsp3) is 0.0690. The van der Waals surface area contributed by atoms with Gasteiger partial charge in [0.15, 0.2) is 4.96 Å². The molecule has 0 aliphatic rings. The summed E-state index contributed by atoms with van der Waals surface area (Å²) in [6, 6.07) is 34.7. The summed E-state index contributed by atoms with van der Waals surface area (Å²) in [5, 5.41) is 0. The molecule has 0 aliphatic heterocycles. The van der Waals surface area contributed by atoms with E-state index in [1.165, 1.54) is 10.2 Å². The molecule has 5 heteroatoms. The lowest BCUT2D eigenvalue weighted by Gasteiger charge is -2.12.